The van der Waals surface area contributed by atoms with Gasteiger partial charge in [-0.3, -0.25) is 9.59 Å². The van der Waals surface area contributed by atoms with Crippen LogP contribution in [0.1, 0.15) is 16.6 Å². The number of carbonyl (C=O) groups is 2. The molecular weight excluding hydrogens is 322 g/mol. The number of anilines is 1. The van der Waals surface area contributed by atoms with Crippen molar-refractivity contribution in [3.8, 4) is 0 Å². The summed E-state index contributed by atoms with van der Waals surface area (Å²) in [5, 5.41) is 4.55. The van der Waals surface area contributed by atoms with Gasteiger partial charge in [-0.25, -0.2) is 0 Å². The Balaban J connectivity index is 1.52. The van der Waals surface area contributed by atoms with Gasteiger partial charge in [-0.15, -0.1) is 11.3 Å². The van der Waals surface area contributed by atoms with E-state index in [1.807, 2.05) is 34.5 Å². The Hall–Kier alpha value is -2.34. The molecule has 0 bridgehead atoms. The van der Waals surface area contributed by atoms with Crippen LogP contribution < -0.4 is 10.2 Å². The first kappa shape index (κ1) is 16.5. The molecule has 3 rings (SSSR count). The van der Waals surface area contributed by atoms with Crippen molar-refractivity contribution in [1.29, 1.82) is 0 Å². The summed E-state index contributed by atoms with van der Waals surface area (Å²) in [5.74, 6) is -0.214. The average molecular weight is 343 g/mol. The second-order valence-electron chi connectivity index (χ2n) is 5.88. The number of nitrogens with zero attached hydrogens (tertiary/aromatic N) is 2. The van der Waals surface area contributed by atoms with Crippen molar-refractivity contribution in [3.63, 3.8) is 0 Å². The van der Waals surface area contributed by atoms with Gasteiger partial charge in [0.05, 0.1) is 11.4 Å². The molecule has 6 heteroatoms. The molecule has 2 aromatic rings. The number of thiophene rings is 1. The molecule has 0 aliphatic carbocycles. The Kier molecular flexibility index (Phi) is 5.15. The summed E-state index contributed by atoms with van der Waals surface area (Å²) in [7, 11) is 0. The van der Waals surface area contributed by atoms with E-state index < -0.39 is 0 Å². The molecule has 5 nitrogen and oxygen atoms in total. The highest BCUT2D eigenvalue weighted by molar-refractivity contribution is 7.12. The van der Waals surface area contributed by atoms with Gasteiger partial charge >= 0.3 is 0 Å². The minimum atomic E-state index is -0.186. The van der Waals surface area contributed by atoms with E-state index in [0.29, 0.717) is 18.0 Å². The first-order valence-corrected chi connectivity index (χ1v) is 8.94. The summed E-state index contributed by atoms with van der Waals surface area (Å²) >= 11 is 1.37. The maximum Gasteiger partial charge on any atom is 0.261 e. The van der Waals surface area contributed by atoms with Crippen LogP contribution in [-0.4, -0.2) is 48.9 Å². The summed E-state index contributed by atoms with van der Waals surface area (Å²) in [6.07, 6.45) is 0. The van der Waals surface area contributed by atoms with Crippen molar-refractivity contribution in [1.82, 2.24) is 10.2 Å². The fraction of sp³-hybridized carbons (Fsp3) is 0.333. The molecule has 1 aliphatic heterocycles. The summed E-state index contributed by atoms with van der Waals surface area (Å²) < 4.78 is 0. The van der Waals surface area contributed by atoms with Gasteiger partial charge in [0.15, 0.2) is 0 Å². The molecule has 1 unspecified atom stereocenters. The molecule has 0 radical (unpaired) electrons. The summed E-state index contributed by atoms with van der Waals surface area (Å²) in [6, 6.07) is 14.1. The Morgan fingerprint density at radius 1 is 1.17 bits per heavy atom. The van der Waals surface area contributed by atoms with Crippen molar-refractivity contribution < 1.29 is 9.59 Å². The van der Waals surface area contributed by atoms with E-state index >= 15 is 0 Å². The molecule has 1 N–H and O–H groups in total. The summed E-state index contributed by atoms with van der Waals surface area (Å²) in [6.45, 7) is 4.32. The SMILES string of the molecule is CC1CN(C(=O)CNC(=O)c2cccs2)CCN1c1ccccc1. The lowest BCUT2D eigenvalue weighted by Gasteiger charge is -2.41. The Bertz CT molecular complexity index is 688. The highest BCUT2D eigenvalue weighted by Gasteiger charge is 2.26. The number of nitrogens with one attached hydrogen (secondary N) is 1. The first-order chi connectivity index (χ1) is 11.6. The van der Waals surface area contributed by atoms with E-state index in [-0.39, 0.29) is 24.4 Å². The molecule has 1 aromatic heterocycles. The highest BCUT2D eigenvalue weighted by atomic mass is 32.1. The predicted molar refractivity (Wildman–Crippen MR) is 96.5 cm³/mol. The quantitative estimate of drug-likeness (QED) is 0.926. The molecule has 24 heavy (non-hydrogen) atoms. The van der Waals surface area contributed by atoms with Gasteiger partial charge in [-0.05, 0) is 30.5 Å². The van der Waals surface area contributed by atoms with Gasteiger partial charge in [-0.1, -0.05) is 24.3 Å². The van der Waals surface area contributed by atoms with E-state index in [2.05, 4.69) is 29.3 Å². The van der Waals surface area contributed by atoms with Crippen molar-refractivity contribution >= 4 is 28.8 Å². The predicted octanol–water partition coefficient (Wildman–Crippen LogP) is 2.22. The van der Waals surface area contributed by atoms with E-state index in [1.54, 1.807) is 6.07 Å². The zero-order chi connectivity index (χ0) is 16.9. The van der Waals surface area contributed by atoms with E-state index in [9.17, 15) is 9.59 Å². The van der Waals surface area contributed by atoms with Crippen LogP contribution >= 0.6 is 11.3 Å². The molecule has 0 spiro atoms. The minimum absolute atomic E-state index is 0.0283. The van der Waals surface area contributed by atoms with Crippen LogP contribution in [0.25, 0.3) is 0 Å². The lowest BCUT2D eigenvalue weighted by Crippen LogP contribution is -2.55. The van der Waals surface area contributed by atoms with Gasteiger partial charge in [0, 0.05) is 31.4 Å². The average Bonchev–Trinajstić information content (AvgIpc) is 3.14. The molecule has 2 amide bonds. The highest BCUT2D eigenvalue weighted by Crippen LogP contribution is 2.20. The third-order valence-corrected chi connectivity index (χ3v) is 5.08. The molecule has 1 aromatic carbocycles. The number of amides is 2. The number of hydrogen-bond donors (Lipinski definition) is 1. The van der Waals surface area contributed by atoms with E-state index in [4.69, 9.17) is 0 Å². The largest absolute Gasteiger partial charge is 0.365 e. The lowest BCUT2D eigenvalue weighted by molar-refractivity contribution is -0.130. The minimum Gasteiger partial charge on any atom is -0.365 e. The Morgan fingerprint density at radius 2 is 1.96 bits per heavy atom. The van der Waals surface area contributed by atoms with E-state index in [1.165, 1.54) is 17.0 Å². The zero-order valence-corrected chi connectivity index (χ0v) is 14.5. The van der Waals surface area contributed by atoms with Gasteiger partial charge in [0.2, 0.25) is 5.91 Å². The van der Waals surface area contributed by atoms with E-state index in [0.717, 1.165) is 6.54 Å². The number of rotatable bonds is 4. The molecule has 126 valence electrons. The fourth-order valence-corrected chi connectivity index (χ4v) is 3.59. The van der Waals surface area contributed by atoms with Crippen LogP contribution in [0.15, 0.2) is 47.8 Å². The smallest absolute Gasteiger partial charge is 0.261 e. The van der Waals surface area contributed by atoms with Crippen LogP contribution in [0.4, 0.5) is 5.69 Å². The molecule has 0 saturated carbocycles. The number of piperazine rings is 1. The van der Waals surface area contributed by atoms with Crippen molar-refractivity contribution in [2.45, 2.75) is 13.0 Å². The molecular formula is C18H21N3O2S. The monoisotopic (exact) mass is 343 g/mol. The van der Waals surface area contributed by atoms with Gasteiger partial charge < -0.3 is 15.1 Å². The van der Waals surface area contributed by atoms with Crippen LogP contribution in [-0.2, 0) is 4.79 Å². The maximum atomic E-state index is 12.4. The number of para-hydroxylation sites is 1. The van der Waals surface area contributed by atoms with Crippen LogP contribution in [0.5, 0.6) is 0 Å². The van der Waals surface area contributed by atoms with Crippen LogP contribution in [0.2, 0.25) is 0 Å². The maximum absolute atomic E-state index is 12.4. The normalized spacial score (nSPS) is 17.6. The molecule has 1 fully saturated rings. The molecule has 1 aliphatic rings. The van der Waals surface area contributed by atoms with Crippen LogP contribution in [0.3, 0.4) is 0 Å². The Labute approximate surface area is 145 Å². The molecule has 2 heterocycles. The summed E-state index contributed by atoms with van der Waals surface area (Å²) in [5.41, 5.74) is 1.18. The summed E-state index contributed by atoms with van der Waals surface area (Å²) in [4.78, 5) is 29.0. The standard InChI is InChI=1S/C18H21N3O2S/c1-14-13-20(9-10-21(14)15-6-3-2-4-7-15)17(22)12-19-18(23)16-8-5-11-24-16/h2-8,11,14H,9-10,12-13H2,1H3,(H,19,23). The molecule has 1 saturated heterocycles. The van der Waals surface area contributed by atoms with Crippen molar-refractivity contribution in [2.24, 2.45) is 0 Å². The second-order valence-corrected chi connectivity index (χ2v) is 6.83. The van der Waals surface area contributed by atoms with Crippen LogP contribution in [0, 0.1) is 0 Å². The lowest BCUT2D eigenvalue weighted by atomic mass is 10.1. The second kappa shape index (κ2) is 7.49. The Morgan fingerprint density at radius 3 is 2.62 bits per heavy atom. The molecule has 1 atom stereocenters. The third kappa shape index (κ3) is 3.76. The third-order valence-electron chi connectivity index (χ3n) is 4.21. The first-order valence-electron chi connectivity index (χ1n) is 8.06. The van der Waals surface area contributed by atoms with Gasteiger partial charge in [0.25, 0.3) is 5.91 Å². The van der Waals surface area contributed by atoms with Crippen molar-refractivity contribution in [2.75, 3.05) is 31.1 Å². The van der Waals surface area contributed by atoms with Gasteiger partial charge in [0.1, 0.15) is 0 Å². The zero-order valence-electron chi connectivity index (χ0n) is 13.6. The van der Waals surface area contributed by atoms with Crippen molar-refractivity contribution in [3.05, 3.63) is 52.7 Å². The number of benzene rings is 1. The number of carbonyl (C=O) groups excluding carboxylic acids is 2. The topological polar surface area (TPSA) is 52.7 Å². The fourth-order valence-electron chi connectivity index (χ4n) is 2.95. The number of hydrogen-bond acceptors (Lipinski definition) is 4. The van der Waals surface area contributed by atoms with Gasteiger partial charge in [-0.2, -0.15) is 0 Å².